The van der Waals surface area contributed by atoms with E-state index in [1.54, 1.807) is 12.1 Å². The van der Waals surface area contributed by atoms with E-state index in [1.165, 1.54) is 12.8 Å². The summed E-state index contributed by atoms with van der Waals surface area (Å²) in [4.78, 5) is 14.9. The fourth-order valence-electron chi connectivity index (χ4n) is 2.92. The Hall–Kier alpha value is -2.01. The van der Waals surface area contributed by atoms with E-state index in [2.05, 4.69) is 32.2 Å². The van der Waals surface area contributed by atoms with E-state index in [0.29, 0.717) is 12.2 Å². The lowest BCUT2D eigenvalue weighted by atomic mass is 10.2. The summed E-state index contributed by atoms with van der Waals surface area (Å²) in [5.41, 5.74) is 2.55. The van der Waals surface area contributed by atoms with Gasteiger partial charge in [-0.25, -0.2) is 0 Å². The van der Waals surface area contributed by atoms with Crippen LogP contribution in [0.1, 0.15) is 30.1 Å². The lowest BCUT2D eigenvalue weighted by molar-refractivity contribution is 0.102. The van der Waals surface area contributed by atoms with Crippen molar-refractivity contribution in [3.63, 3.8) is 0 Å². The van der Waals surface area contributed by atoms with Gasteiger partial charge in [0.15, 0.2) is 0 Å². The molecule has 0 spiro atoms. The molecule has 0 unspecified atom stereocenters. The number of para-hydroxylation sites is 2. The molecule has 1 fully saturated rings. The minimum atomic E-state index is -0.120. The van der Waals surface area contributed by atoms with Gasteiger partial charge in [-0.05, 0) is 66.0 Å². The third-order valence-corrected chi connectivity index (χ3v) is 4.71. The Morgan fingerprint density at radius 2 is 1.96 bits per heavy atom. The average molecular weight is 389 g/mol. The molecule has 0 aliphatic carbocycles. The Bertz CT molecular complexity index is 727. The summed E-state index contributed by atoms with van der Waals surface area (Å²) in [6.45, 7) is 4.61. The third kappa shape index (κ3) is 3.73. The molecule has 1 N–H and O–H groups in total. The van der Waals surface area contributed by atoms with Crippen molar-refractivity contribution in [1.29, 1.82) is 0 Å². The van der Waals surface area contributed by atoms with E-state index in [4.69, 9.17) is 4.74 Å². The normalized spacial score (nSPS) is 13.8. The van der Waals surface area contributed by atoms with E-state index in [-0.39, 0.29) is 5.91 Å². The van der Waals surface area contributed by atoms with Gasteiger partial charge < -0.3 is 15.0 Å². The van der Waals surface area contributed by atoms with Crippen LogP contribution in [0, 0.1) is 0 Å². The third-order valence-electron chi connectivity index (χ3n) is 4.09. The SMILES string of the molecule is CCOc1ccc(C(=O)Nc2ccccc2N2CCCC2)cc1Br. The van der Waals surface area contributed by atoms with Crippen LogP contribution in [0.5, 0.6) is 5.75 Å². The monoisotopic (exact) mass is 388 g/mol. The molecule has 0 atom stereocenters. The van der Waals surface area contributed by atoms with Crippen LogP contribution in [0.25, 0.3) is 0 Å². The number of anilines is 2. The number of benzene rings is 2. The number of rotatable bonds is 5. The first-order valence-electron chi connectivity index (χ1n) is 8.26. The molecule has 0 bridgehead atoms. The first-order valence-corrected chi connectivity index (χ1v) is 9.06. The van der Waals surface area contributed by atoms with Crippen molar-refractivity contribution in [1.82, 2.24) is 0 Å². The van der Waals surface area contributed by atoms with Gasteiger partial charge in [-0.2, -0.15) is 0 Å². The quantitative estimate of drug-likeness (QED) is 0.806. The Kier molecular flexibility index (Phi) is 5.41. The number of hydrogen-bond donors (Lipinski definition) is 1. The number of carbonyl (C=O) groups excluding carboxylic acids is 1. The zero-order valence-corrected chi connectivity index (χ0v) is 15.3. The van der Waals surface area contributed by atoms with Crippen LogP contribution in [0.15, 0.2) is 46.9 Å². The molecule has 2 aromatic rings. The van der Waals surface area contributed by atoms with E-state index in [1.807, 2.05) is 31.2 Å². The Morgan fingerprint density at radius 1 is 1.21 bits per heavy atom. The lowest BCUT2D eigenvalue weighted by Gasteiger charge is -2.21. The minimum Gasteiger partial charge on any atom is -0.493 e. The maximum atomic E-state index is 12.6. The van der Waals surface area contributed by atoms with Crippen molar-refractivity contribution in [3.05, 3.63) is 52.5 Å². The summed E-state index contributed by atoms with van der Waals surface area (Å²) >= 11 is 3.46. The summed E-state index contributed by atoms with van der Waals surface area (Å²) in [5.74, 6) is 0.622. The standard InChI is InChI=1S/C19H21BrN2O2/c1-2-24-18-10-9-14(13-15(18)20)19(23)21-16-7-3-4-8-17(16)22-11-5-6-12-22/h3-4,7-10,13H,2,5-6,11-12H2,1H3,(H,21,23). The summed E-state index contributed by atoms with van der Waals surface area (Å²) in [6, 6.07) is 13.4. The second-order valence-corrected chi connectivity index (χ2v) is 6.60. The molecule has 1 heterocycles. The molecular formula is C19H21BrN2O2. The predicted octanol–water partition coefficient (Wildman–Crippen LogP) is 4.70. The number of nitrogens with zero attached hydrogens (tertiary/aromatic N) is 1. The molecule has 2 aromatic carbocycles. The second-order valence-electron chi connectivity index (χ2n) is 5.74. The van der Waals surface area contributed by atoms with Gasteiger partial charge >= 0.3 is 0 Å². The highest BCUT2D eigenvalue weighted by Crippen LogP contribution is 2.30. The van der Waals surface area contributed by atoms with Crippen molar-refractivity contribution in [3.8, 4) is 5.75 Å². The van der Waals surface area contributed by atoms with Gasteiger partial charge in [0.05, 0.1) is 22.5 Å². The molecule has 1 amide bonds. The van der Waals surface area contributed by atoms with Crippen LogP contribution in [0.2, 0.25) is 0 Å². The van der Waals surface area contributed by atoms with Gasteiger partial charge in [0.1, 0.15) is 5.75 Å². The van der Waals surface area contributed by atoms with Crippen LogP contribution in [0.4, 0.5) is 11.4 Å². The minimum absolute atomic E-state index is 0.120. The van der Waals surface area contributed by atoms with Gasteiger partial charge in [0.25, 0.3) is 5.91 Å². The molecule has 24 heavy (non-hydrogen) atoms. The van der Waals surface area contributed by atoms with Crippen molar-refractivity contribution in [2.75, 3.05) is 29.9 Å². The zero-order chi connectivity index (χ0) is 16.9. The summed E-state index contributed by atoms with van der Waals surface area (Å²) < 4.78 is 6.27. The first-order chi connectivity index (χ1) is 11.7. The number of nitrogens with one attached hydrogen (secondary N) is 1. The van der Waals surface area contributed by atoms with Gasteiger partial charge in [0, 0.05) is 18.7 Å². The van der Waals surface area contributed by atoms with Gasteiger partial charge in [0.2, 0.25) is 0 Å². The first kappa shape index (κ1) is 16.8. The van der Waals surface area contributed by atoms with Gasteiger partial charge in [-0.15, -0.1) is 0 Å². The number of amides is 1. The molecule has 0 saturated carbocycles. The van der Waals surface area contributed by atoms with Gasteiger partial charge in [-0.1, -0.05) is 12.1 Å². The fraction of sp³-hybridized carbons (Fsp3) is 0.316. The maximum absolute atomic E-state index is 12.6. The largest absolute Gasteiger partial charge is 0.493 e. The molecule has 1 saturated heterocycles. The second kappa shape index (κ2) is 7.71. The molecule has 4 nitrogen and oxygen atoms in total. The molecular weight excluding hydrogens is 368 g/mol. The van der Waals surface area contributed by atoms with E-state index in [0.717, 1.165) is 34.7 Å². The molecule has 3 rings (SSSR count). The number of hydrogen-bond acceptors (Lipinski definition) is 3. The highest BCUT2D eigenvalue weighted by Gasteiger charge is 2.17. The van der Waals surface area contributed by atoms with E-state index >= 15 is 0 Å². The lowest BCUT2D eigenvalue weighted by Crippen LogP contribution is -2.21. The Labute approximate surface area is 150 Å². The zero-order valence-electron chi connectivity index (χ0n) is 13.7. The number of carbonyl (C=O) groups is 1. The van der Waals surface area contributed by atoms with Gasteiger partial charge in [-0.3, -0.25) is 4.79 Å². The molecule has 0 aromatic heterocycles. The molecule has 5 heteroatoms. The molecule has 0 radical (unpaired) electrons. The van der Waals surface area contributed by atoms with Crippen LogP contribution in [0.3, 0.4) is 0 Å². The van der Waals surface area contributed by atoms with Crippen LogP contribution < -0.4 is 15.0 Å². The Balaban J connectivity index is 1.79. The van der Waals surface area contributed by atoms with Crippen molar-refractivity contribution in [2.24, 2.45) is 0 Å². The van der Waals surface area contributed by atoms with Crippen molar-refractivity contribution < 1.29 is 9.53 Å². The van der Waals surface area contributed by atoms with Crippen LogP contribution >= 0.6 is 15.9 Å². The average Bonchev–Trinajstić information content (AvgIpc) is 3.11. The predicted molar refractivity (Wildman–Crippen MR) is 101 cm³/mol. The maximum Gasteiger partial charge on any atom is 0.255 e. The van der Waals surface area contributed by atoms with Crippen molar-refractivity contribution in [2.45, 2.75) is 19.8 Å². The summed E-state index contributed by atoms with van der Waals surface area (Å²) in [5, 5.41) is 3.04. The molecule has 1 aliphatic heterocycles. The number of ether oxygens (including phenoxy) is 1. The summed E-state index contributed by atoms with van der Waals surface area (Å²) in [6.07, 6.45) is 2.40. The number of halogens is 1. The topological polar surface area (TPSA) is 41.6 Å². The highest BCUT2D eigenvalue weighted by molar-refractivity contribution is 9.10. The molecule has 1 aliphatic rings. The van der Waals surface area contributed by atoms with Crippen molar-refractivity contribution >= 4 is 33.2 Å². The van der Waals surface area contributed by atoms with Crippen LogP contribution in [-0.2, 0) is 0 Å². The fourth-order valence-corrected chi connectivity index (χ4v) is 3.42. The summed E-state index contributed by atoms with van der Waals surface area (Å²) in [7, 11) is 0. The van der Waals surface area contributed by atoms with E-state index < -0.39 is 0 Å². The van der Waals surface area contributed by atoms with Crippen LogP contribution in [-0.4, -0.2) is 25.6 Å². The molecule has 126 valence electrons. The highest BCUT2D eigenvalue weighted by atomic mass is 79.9. The van der Waals surface area contributed by atoms with E-state index in [9.17, 15) is 4.79 Å². The smallest absolute Gasteiger partial charge is 0.255 e. The Morgan fingerprint density at radius 3 is 2.67 bits per heavy atom.